The maximum atomic E-state index is 4.18. The van der Waals surface area contributed by atoms with Crippen LogP contribution < -0.4 is 0 Å². The normalized spacial score (nSPS) is 11.3. The Balaban J connectivity index is 2.68. The first kappa shape index (κ1) is 6.14. The van der Waals surface area contributed by atoms with Gasteiger partial charge in [-0.15, -0.1) is 0 Å². The fourth-order valence-corrected chi connectivity index (χ4v) is 2.26. The van der Waals surface area contributed by atoms with Crippen LogP contribution in [0.25, 0.3) is 15.2 Å². The van der Waals surface area contributed by atoms with Crippen molar-refractivity contribution in [3.63, 3.8) is 0 Å². The molecule has 0 aliphatic carbocycles. The van der Waals surface area contributed by atoms with Gasteiger partial charge < -0.3 is 4.40 Å². The molecule has 0 aliphatic rings. The standard InChI is InChI=1S/C8H5N3S/c1-2-7-11(3-1)6-4-9-5-10-8(6)12-7/h1-5H. The SMILES string of the molecule is c1cc2sc3ncncc3n2c1. The Bertz CT molecular complexity index is 536. The summed E-state index contributed by atoms with van der Waals surface area (Å²) >= 11 is 1.68. The van der Waals surface area contributed by atoms with Crippen LogP contribution in [0.5, 0.6) is 0 Å². The second-order valence-electron chi connectivity index (χ2n) is 2.53. The smallest absolute Gasteiger partial charge is 0.145 e. The van der Waals surface area contributed by atoms with Crippen LogP contribution in [0.1, 0.15) is 0 Å². The Morgan fingerprint density at radius 2 is 2.42 bits per heavy atom. The van der Waals surface area contributed by atoms with E-state index in [1.165, 1.54) is 4.83 Å². The predicted molar refractivity (Wildman–Crippen MR) is 48.4 cm³/mol. The Kier molecular flexibility index (Phi) is 1.04. The van der Waals surface area contributed by atoms with Gasteiger partial charge in [0.2, 0.25) is 0 Å². The maximum absolute atomic E-state index is 4.18. The van der Waals surface area contributed by atoms with Crippen LogP contribution in [0, 0.1) is 0 Å². The van der Waals surface area contributed by atoms with Crippen molar-refractivity contribution < 1.29 is 0 Å². The van der Waals surface area contributed by atoms with Gasteiger partial charge >= 0.3 is 0 Å². The quantitative estimate of drug-likeness (QED) is 0.522. The average molecular weight is 175 g/mol. The van der Waals surface area contributed by atoms with E-state index in [2.05, 4.69) is 20.4 Å². The Hall–Kier alpha value is -1.42. The molecule has 0 N–H and O–H groups in total. The summed E-state index contributed by atoms with van der Waals surface area (Å²) in [7, 11) is 0. The monoisotopic (exact) mass is 175 g/mol. The minimum absolute atomic E-state index is 1.04. The van der Waals surface area contributed by atoms with Crippen LogP contribution in [0.2, 0.25) is 0 Å². The Morgan fingerprint density at radius 3 is 3.42 bits per heavy atom. The lowest BCUT2D eigenvalue weighted by Crippen LogP contribution is -1.79. The lowest BCUT2D eigenvalue weighted by Gasteiger charge is -1.86. The predicted octanol–water partition coefficient (Wildman–Crippen LogP) is 1.94. The highest BCUT2D eigenvalue weighted by atomic mass is 32.1. The summed E-state index contributed by atoms with van der Waals surface area (Å²) in [4.78, 5) is 10.4. The molecule has 3 aromatic rings. The topological polar surface area (TPSA) is 30.2 Å². The lowest BCUT2D eigenvalue weighted by molar-refractivity contribution is 1.19. The number of fused-ring (bicyclic) bond motifs is 3. The van der Waals surface area contributed by atoms with Gasteiger partial charge in [-0.1, -0.05) is 11.3 Å². The molecule has 58 valence electrons. The number of aromatic nitrogens is 3. The molecule has 4 heteroatoms. The van der Waals surface area contributed by atoms with Crippen molar-refractivity contribution in [2.75, 3.05) is 0 Å². The number of thiazole rings is 1. The summed E-state index contributed by atoms with van der Waals surface area (Å²) in [6.45, 7) is 0. The second-order valence-corrected chi connectivity index (χ2v) is 3.54. The molecule has 3 heterocycles. The van der Waals surface area contributed by atoms with Gasteiger partial charge in [0.15, 0.2) is 0 Å². The van der Waals surface area contributed by atoms with Crippen LogP contribution in [-0.4, -0.2) is 14.4 Å². The fourth-order valence-electron chi connectivity index (χ4n) is 1.30. The van der Waals surface area contributed by atoms with Gasteiger partial charge in [0.05, 0.1) is 6.20 Å². The molecule has 0 fully saturated rings. The largest absolute Gasteiger partial charge is 0.304 e. The molecule has 3 rings (SSSR count). The molecule has 0 amide bonds. The van der Waals surface area contributed by atoms with Crippen molar-refractivity contribution >= 4 is 26.5 Å². The van der Waals surface area contributed by atoms with Crippen LogP contribution in [0.15, 0.2) is 30.9 Å². The van der Waals surface area contributed by atoms with Gasteiger partial charge in [-0.2, -0.15) is 0 Å². The molecule has 0 atom stereocenters. The molecule has 12 heavy (non-hydrogen) atoms. The van der Waals surface area contributed by atoms with Gasteiger partial charge in [0, 0.05) is 6.20 Å². The molecule has 0 saturated heterocycles. The molecular weight excluding hydrogens is 170 g/mol. The third-order valence-corrected chi connectivity index (χ3v) is 2.88. The summed E-state index contributed by atoms with van der Waals surface area (Å²) in [6, 6.07) is 4.10. The molecule has 0 saturated carbocycles. The van der Waals surface area contributed by atoms with Gasteiger partial charge in [0.25, 0.3) is 0 Å². The average Bonchev–Trinajstić information content (AvgIpc) is 2.62. The maximum Gasteiger partial charge on any atom is 0.145 e. The first-order chi connectivity index (χ1) is 5.95. The van der Waals surface area contributed by atoms with E-state index in [-0.39, 0.29) is 0 Å². The fraction of sp³-hybridized carbons (Fsp3) is 0. The van der Waals surface area contributed by atoms with Gasteiger partial charge in [-0.25, -0.2) is 9.97 Å². The van der Waals surface area contributed by atoms with E-state index in [0.717, 1.165) is 10.3 Å². The van der Waals surface area contributed by atoms with E-state index >= 15 is 0 Å². The number of rotatable bonds is 0. The van der Waals surface area contributed by atoms with Crippen LogP contribution in [-0.2, 0) is 0 Å². The molecule has 0 spiro atoms. The molecule has 0 unspecified atom stereocenters. The van der Waals surface area contributed by atoms with Crippen molar-refractivity contribution in [1.82, 2.24) is 14.4 Å². The summed E-state index contributed by atoms with van der Waals surface area (Å²) in [5.41, 5.74) is 1.09. The van der Waals surface area contributed by atoms with Crippen molar-refractivity contribution in [2.45, 2.75) is 0 Å². The lowest BCUT2D eigenvalue weighted by atomic mass is 10.6. The third-order valence-electron chi connectivity index (χ3n) is 1.83. The number of hydrogen-bond donors (Lipinski definition) is 0. The van der Waals surface area contributed by atoms with E-state index in [4.69, 9.17) is 0 Å². The zero-order valence-corrected chi connectivity index (χ0v) is 6.95. The first-order valence-corrected chi connectivity index (χ1v) is 4.42. The highest BCUT2D eigenvalue weighted by Crippen LogP contribution is 2.23. The molecule has 0 aliphatic heterocycles. The van der Waals surface area contributed by atoms with Gasteiger partial charge in [-0.05, 0) is 12.1 Å². The van der Waals surface area contributed by atoms with E-state index in [1.807, 2.05) is 18.5 Å². The van der Waals surface area contributed by atoms with Crippen molar-refractivity contribution in [3.8, 4) is 0 Å². The third kappa shape index (κ3) is 0.648. The van der Waals surface area contributed by atoms with Gasteiger partial charge in [0.1, 0.15) is 21.5 Å². The highest BCUT2D eigenvalue weighted by Gasteiger charge is 2.02. The molecule has 0 aromatic carbocycles. The first-order valence-electron chi connectivity index (χ1n) is 3.61. The van der Waals surface area contributed by atoms with Crippen LogP contribution >= 0.6 is 11.3 Å². The van der Waals surface area contributed by atoms with E-state index < -0.39 is 0 Å². The molecule has 3 nitrogen and oxygen atoms in total. The van der Waals surface area contributed by atoms with Crippen molar-refractivity contribution in [2.24, 2.45) is 0 Å². The second kappa shape index (κ2) is 2.04. The summed E-state index contributed by atoms with van der Waals surface area (Å²) in [6.07, 6.45) is 5.45. The highest BCUT2D eigenvalue weighted by molar-refractivity contribution is 7.23. The zero-order valence-electron chi connectivity index (χ0n) is 6.14. The van der Waals surface area contributed by atoms with Crippen molar-refractivity contribution in [1.29, 1.82) is 0 Å². The van der Waals surface area contributed by atoms with Crippen molar-refractivity contribution in [3.05, 3.63) is 30.9 Å². The van der Waals surface area contributed by atoms with E-state index in [0.29, 0.717) is 0 Å². The number of nitrogens with zero attached hydrogens (tertiary/aromatic N) is 3. The Morgan fingerprint density at radius 1 is 1.42 bits per heavy atom. The van der Waals surface area contributed by atoms with E-state index in [9.17, 15) is 0 Å². The Labute approximate surface area is 72.3 Å². The molecule has 0 bridgehead atoms. The molecule has 0 radical (unpaired) electrons. The van der Waals surface area contributed by atoms with E-state index in [1.54, 1.807) is 17.7 Å². The summed E-state index contributed by atoms with van der Waals surface area (Å²) in [5.74, 6) is 0. The summed E-state index contributed by atoms with van der Waals surface area (Å²) in [5, 5.41) is 0. The molecule has 3 aromatic heterocycles. The molecular formula is C8H5N3S. The van der Waals surface area contributed by atoms with Crippen LogP contribution in [0.4, 0.5) is 0 Å². The minimum atomic E-state index is 1.04. The van der Waals surface area contributed by atoms with Gasteiger partial charge in [-0.3, -0.25) is 0 Å². The number of hydrogen-bond acceptors (Lipinski definition) is 3. The minimum Gasteiger partial charge on any atom is -0.304 e. The van der Waals surface area contributed by atoms with Crippen LogP contribution in [0.3, 0.4) is 0 Å². The summed E-state index contributed by atoms with van der Waals surface area (Å²) < 4.78 is 2.10. The zero-order chi connectivity index (χ0) is 7.97.